The number of likely N-dealkylation sites (tertiary alicyclic amines) is 1. The Labute approximate surface area is 121 Å². The second-order valence-electron chi connectivity index (χ2n) is 6.12. The Morgan fingerprint density at radius 3 is 2.60 bits per heavy atom. The molecule has 0 bridgehead atoms. The van der Waals surface area contributed by atoms with Gasteiger partial charge in [0.2, 0.25) is 0 Å². The summed E-state index contributed by atoms with van der Waals surface area (Å²) in [6.45, 7) is 7.04. The van der Waals surface area contributed by atoms with Crippen molar-refractivity contribution in [1.29, 1.82) is 0 Å². The third-order valence-corrected chi connectivity index (χ3v) is 4.42. The SMILES string of the molecule is C=CCN1CCC(NC(=O)NCC2(O)CCCC2)CC1. The van der Waals surface area contributed by atoms with E-state index >= 15 is 0 Å². The first kappa shape index (κ1) is 15.3. The minimum absolute atomic E-state index is 0.146. The van der Waals surface area contributed by atoms with E-state index in [1.165, 1.54) is 0 Å². The fourth-order valence-corrected chi connectivity index (χ4v) is 3.13. The van der Waals surface area contributed by atoms with E-state index in [2.05, 4.69) is 22.1 Å². The van der Waals surface area contributed by atoms with E-state index in [0.29, 0.717) is 6.54 Å². The van der Waals surface area contributed by atoms with Gasteiger partial charge in [0.25, 0.3) is 0 Å². The molecule has 0 aromatic rings. The van der Waals surface area contributed by atoms with Gasteiger partial charge >= 0.3 is 6.03 Å². The van der Waals surface area contributed by atoms with Crippen LogP contribution in [0.25, 0.3) is 0 Å². The van der Waals surface area contributed by atoms with Crippen molar-refractivity contribution in [1.82, 2.24) is 15.5 Å². The molecular weight excluding hydrogens is 254 g/mol. The number of carbonyl (C=O) groups is 1. The molecule has 20 heavy (non-hydrogen) atoms. The molecule has 0 aromatic carbocycles. The van der Waals surface area contributed by atoms with Crippen molar-refractivity contribution in [2.75, 3.05) is 26.2 Å². The zero-order valence-electron chi connectivity index (χ0n) is 12.2. The fourth-order valence-electron chi connectivity index (χ4n) is 3.13. The second-order valence-corrected chi connectivity index (χ2v) is 6.12. The van der Waals surface area contributed by atoms with Crippen LogP contribution in [0.2, 0.25) is 0 Å². The minimum Gasteiger partial charge on any atom is -0.388 e. The molecule has 5 nitrogen and oxygen atoms in total. The smallest absolute Gasteiger partial charge is 0.315 e. The van der Waals surface area contributed by atoms with Crippen LogP contribution >= 0.6 is 0 Å². The fraction of sp³-hybridized carbons (Fsp3) is 0.800. The molecule has 2 rings (SSSR count). The van der Waals surface area contributed by atoms with Crippen LogP contribution in [-0.4, -0.2) is 53.9 Å². The highest BCUT2D eigenvalue weighted by molar-refractivity contribution is 5.74. The average molecular weight is 281 g/mol. The van der Waals surface area contributed by atoms with Crippen LogP contribution in [0.1, 0.15) is 38.5 Å². The number of piperidine rings is 1. The Hall–Kier alpha value is -1.07. The number of nitrogens with zero attached hydrogens (tertiary/aromatic N) is 1. The van der Waals surface area contributed by atoms with Gasteiger partial charge in [0.1, 0.15) is 0 Å². The third kappa shape index (κ3) is 4.49. The number of nitrogens with one attached hydrogen (secondary N) is 2. The Morgan fingerprint density at radius 1 is 1.35 bits per heavy atom. The number of amides is 2. The van der Waals surface area contributed by atoms with Crippen molar-refractivity contribution in [2.24, 2.45) is 0 Å². The Kier molecular flexibility index (Phi) is 5.43. The van der Waals surface area contributed by atoms with Gasteiger partial charge in [0.15, 0.2) is 0 Å². The van der Waals surface area contributed by atoms with Crippen molar-refractivity contribution in [3.8, 4) is 0 Å². The molecule has 0 aromatic heterocycles. The predicted molar refractivity (Wildman–Crippen MR) is 79.6 cm³/mol. The molecule has 0 spiro atoms. The number of carbonyl (C=O) groups excluding carboxylic acids is 1. The van der Waals surface area contributed by atoms with E-state index in [0.717, 1.165) is 58.2 Å². The van der Waals surface area contributed by atoms with Gasteiger partial charge in [-0.3, -0.25) is 4.90 Å². The normalized spacial score (nSPS) is 23.4. The second kappa shape index (κ2) is 7.09. The van der Waals surface area contributed by atoms with Crippen LogP contribution < -0.4 is 10.6 Å². The van der Waals surface area contributed by atoms with Gasteiger partial charge in [-0.05, 0) is 25.7 Å². The number of hydrogen-bond acceptors (Lipinski definition) is 3. The maximum atomic E-state index is 11.9. The molecule has 114 valence electrons. The quantitative estimate of drug-likeness (QED) is 0.664. The molecule has 0 radical (unpaired) electrons. The minimum atomic E-state index is -0.676. The van der Waals surface area contributed by atoms with Gasteiger partial charge in [0, 0.05) is 32.2 Å². The monoisotopic (exact) mass is 281 g/mol. The molecule has 2 fully saturated rings. The highest BCUT2D eigenvalue weighted by Gasteiger charge is 2.31. The summed E-state index contributed by atoms with van der Waals surface area (Å²) in [5, 5.41) is 16.0. The standard InChI is InChI=1S/C15H27N3O2/c1-2-9-18-10-5-13(6-11-18)17-14(19)16-12-15(20)7-3-4-8-15/h2,13,20H,1,3-12H2,(H2,16,17,19). The average Bonchev–Trinajstić information content (AvgIpc) is 2.87. The summed E-state index contributed by atoms with van der Waals surface area (Å²) in [7, 11) is 0. The molecule has 1 saturated heterocycles. The largest absolute Gasteiger partial charge is 0.388 e. The molecule has 1 saturated carbocycles. The number of urea groups is 1. The lowest BCUT2D eigenvalue weighted by Gasteiger charge is -2.32. The van der Waals surface area contributed by atoms with E-state index in [-0.39, 0.29) is 12.1 Å². The number of rotatable bonds is 5. The molecule has 1 aliphatic carbocycles. The summed E-state index contributed by atoms with van der Waals surface area (Å²) >= 11 is 0. The van der Waals surface area contributed by atoms with E-state index in [4.69, 9.17) is 0 Å². The van der Waals surface area contributed by atoms with Crippen molar-refractivity contribution >= 4 is 6.03 Å². The molecule has 0 unspecified atom stereocenters. The molecule has 3 N–H and O–H groups in total. The van der Waals surface area contributed by atoms with Crippen LogP contribution in [0.3, 0.4) is 0 Å². The highest BCUT2D eigenvalue weighted by Crippen LogP contribution is 2.28. The summed E-state index contributed by atoms with van der Waals surface area (Å²) in [4.78, 5) is 14.2. The molecular formula is C15H27N3O2. The lowest BCUT2D eigenvalue weighted by molar-refractivity contribution is 0.0499. The van der Waals surface area contributed by atoms with Crippen LogP contribution in [0.15, 0.2) is 12.7 Å². The lowest BCUT2D eigenvalue weighted by atomic mass is 10.0. The van der Waals surface area contributed by atoms with Gasteiger partial charge in [0.05, 0.1) is 5.60 Å². The third-order valence-electron chi connectivity index (χ3n) is 4.42. The molecule has 5 heteroatoms. The summed E-state index contributed by atoms with van der Waals surface area (Å²) < 4.78 is 0. The van der Waals surface area contributed by atoms with Crippen LogP contribution in [-0.2, 0) is 0 Å². The van der Waals surface area contributed by atoms with Crippen molar-refractivity contribution in [2.45, 2.75) is 50.2 Å². The molecule has 2 aliphatic rings. The maximum absolute atomic E-state index is 11.9. The van der Waals surface area contributed by atoms with Crippen LogP contribution in [0, 0.1) is 0 Å². The van der Waals surface area contributed by atoms with Gasteiger partial charge in [-0.25, -0.2) is 4.79 Å². The van der Waals surface area contributed by atoms with Crippen molar-refractivity contribution < 1.29 is 9.90 Å². The van der Waals surface area contributed by atoms with Crippen molar-refractivity contribution in [3.05, 3.63) is 12.7 Å². The summed E-state index contributed by atoms with van der Waals surface area (Å²) in [5.74, 6) is 0. The Bertz CT molecular complexity index is 332. The molecule has 1 heterocycles. The van der Waals surface area contributed by atoms with E-state index in [9.17, 15) is 9.90 Å². The summed E-state index contributed by atoms with van der Waals surface area (Å²) in [6.07, 6.45) is 7.59. The van der Waals surface area contributed by atoms with E-state index in [1.807, 2.05) is 6.08 Å². The lowest BCUT2D eigenvalue weighted by Crippen LogP contribution is -2.50. The predicted octanol–water partition coefficient (Wildman–Crippen LogP) is 1.24. The maximum Gasteiger partial charge on any atom is 0.315 e. The molecule has 2 amide bonds. The summed E-state index contributed by atoms with van der Waals surface area (Å²) in [6, 6.07) is 0.0989. The summed E-state index contributed by atoms with van der Waals surface area (Å²) in [5.41, 5.74) is -0.676. The first-order valence-corrected chi connectivity index (χ1v) is 7.71. The van der Waals surface area contributed by atoms with Gasteiger partial charge in [-0.15, -0.1) is 6.58 Å². The molecule has 1 aliphatic heterocycles. The van der Waals surface area contributed by atoms with Gasteiger partial charge in [-0.2, -0.15) is 0 Å². The highest BCUT2D eigenvalue weighted by atomic mass is 16.3. The van der Waals surface area contributed by atoms with Gasteiger partial charge in [-0.1, -0.05) is 18.9 Å². The first-order chi connectivity index (χ1) is 9.61. The molecule has 0 atom stereocenters. The zero-order chi connectivity index (χ0) is 14.4. The number of aliphatic hydroxyl groups is 1. The number of hydrogen-bond donors (Lipinski definition) is 3. The van der Waals surface area contributed by atoms with E-state index in [1.54, 1.807) is 0 Å². The van der Waals surface area contributed by atoms with Crippen LogP contribution in [0.4, 0.5) is 4.79 Å². The van der Waals surface area contributed by atoms with Gasteiger partial charge < -0.3 is 15.7 Å². The van der Waals surface area contributed by atoms with E-state index < -0.39 is 5.60 Å². The zero-order valence-corrected chi connectivity index (χ0v) is 12.2. The topological polar surface area (TPSA) is 64.6 Å². The van der Waals surface area contributed by atoms with Crippen molar-refractivity contribution in [3.63, 3.8) is 0 Å². The Morgan fingerprint density at radius 2 is 2.00 bits per heavy atom. The first-order valence-electron chi connectivity index (χ1n) is 7.71. The van der Waals surface area contributed by atoms with Crippen LogP contribution in [0.5, 0.6) is 0 Å². The Balaban J connectivity index is 1.64.